The van der Waals surface area contributed by atoms with E-state index >= 15 is 0 Å². The van der Waals surface area contributed by atoms with E-state index in [9.17, 15) is 9.59 Å². The minimum atomic E-state index is -0.502. The Balaban J connectivity index is 2.73. The second-order valence-corrected chi connectivity index (χ2v) is 3.24. The first kappa shape index (κ1) is 8.97. The summed E-state index contributed by atoms with van der Waals surface area (Å²) in [6, 6.07) is 7.93. The number of nitrogens with one attached hydrogen (secondary N) is 1. The number of aromatic amines is 1. The zero-order valence-electron chi connectivity index (χ0n) is 7.08. The van der Waals surface area contributed by atoms with Crippen molar-refractivity contribution in [3.63, 3.8) is 0 Å². The van der Waals surface area contributed by atoms with Crippen molar-refractivity contribution in [3.05, 3.63) is 46.2 Å². The Morgan fingerprint density at radius 1 is 1.21 bits per heavy atom. The topological polar surface area (TPSA) is 49.9 Å². The molecule has 0 aliphatic rings. The largest absolute Gasteiger partial charge is 0.322 e. The number of aromatic nitrogens is 1. The number of halogens is 1. The van der Waals surface area contributed by atoms with Crippen LogP contribution < -0.4 is 5.56 Å². The summed E-state index contributed by atoms with van der Waals surface area (Å²) >= 11 is 5.32. The van der Waals surface area contributed by atoms with Gasteiger partial charge in [0.05, 0.1) is 0 Å². The normalized spacial score (nSPS) is 10.4. The molecule has 1 aromatic carbocycles. The van der Waals surface area contributed by atoms with Gasteiger partial charge < -0.3 is 4.98 Å². The van der Waals surface area contributed by atoms with E-state index in [1.165, 1.54) is 6.07 Å². The molecule has 0 fully saturated rings. The summed E-state index contributed by atoms with van der Waals surface area (Å²) in [7, 11) is 0. The van der Waals surface area contributed by atoms with Crippen LogP contribution in [0.3, 0.4) is 0 Å². The standard InChI is InChI=1S/C10H6ClNO2/c11-10(14)7-1-3-8-6(5-7)2-4-9(13)12-8/h1-5H,(H,12,13). The van der Waals surface area contributed by atoms with Crippen LogP contribution in [0.2, 0.25) is 0 Å². The van der Waals surface area contributed by atoms with Gasteiger partial charge in [0, 0.05) is 17.1 Å². The van der Waals surface area contributed by atoms with Crippen LogP contribution in [-0.2, 0) is 0 Å². The van der Waals surface area contributed by atoms with Gasteiger partial charge >= 0.3 is 0 Å². The van der Waals surface area contributed by atoms with E-state index in [1.54, 1.807) is 24.3 Å². The summed E-state index contributed by atoms with van der Waals surface area (Å²) in [5.74, 6) is 0. The quantitative estimate of drug-likeness (QED) is 0.727. The molecule has 4 heteroatoms. The van der Waals surface area contributed by atoms with Gasteiger partial charge in [0.15, 0.2) is 0 Å². The smallest absolute Gasteiger partial charge is 0.252 e. The van der Waals surface area contributed by atoms with Crippen molar-refractivity contribution in [3.8, 4) is 0 Å². The summed E-state index contributed by atoms with van der Waals surface area (Å²) in [4.78, 5) is 24.4. The minimum absolute atomic E-state index is 0.164. The fraction of sp³-hybridized carbons (Fsp3) is 0. The number of H-pyrrole nitrogens is 1. The lowest BCUT2D eigenvalue weighted by Crippen LogP contribution is -2.02. The van der Waals surface area contributed by atoms with Crippen molar-refractivity contribution in [1.82, 2.24) is 4.98 Å². The van der Waals surface area contributed by atoms with E-state index in [4.69, 9.17) is 11.6 Å². The molecule has 0 atom stereocenters. The van der Waals surface area contributed by atoms with Crippen LogP contribution in [-0.4, -0.2) is 10.2 Å². The van der Waals surface area contributed by atoms with Crippen LogP contribution in [0.5, 0.6) is 0 Å². The first-order chi connectivity index (χ1) is 6.66. The number of carbonyl (C=O) groups excluding carboxylic acids is 1. The lowest BCUT2D eigenvalue weighted by molar-refractivity contribution is 0.108. The molecule has 1 aromatic heterocycles. The Morgan fingerprint density at radius 3 is 2.71 bits per heavy atom. The van der Waals surface area contributed by atoms with Crippen molar-refractivity contribution >= 4 is 27.7 Å². The molecule has 1 N–H and O–H groups in total. The Hall–Kier alpha value is -1.61. The molecule has 14 heavy (non-hydrogen) atoms. The van der Waals surface area contributed by atoms with Crippen LogP contribution in [0.4, 0.5) is 0 Å². The molecule has 1 heterocycles. The maximum absolute atomic E-state index is 11.0. The van der Waals surface area contributed by atoms with Crippen molar-refractivity contribution in [2.24, 2.45) is 0 Å². The Kier molecular flexibility index (Phi) is 2.09. The zero-order valence-corrected chi connectivity index (χ0v) is 7.84. The number of hydrogen-bond acceptors (Lipinski definition) is 2. The fourth-order valence-electron chi connectivity index (χ4n) is 1.28. The summed E-state index contributed by atoms with van der Waals surface area (Å²) in [6.45, 7) is 0. The van der Waals surface area contributed by atoms with E-state index in [-0.39, 0.29) is 5.56 Å². The molecule has 0 radical (unpaired) electrons. The number of rotatable bonds is 1. The van der Waals surface area contributed by atoms with Gasteiger partial charge in [-0.1, -0.05) is 0 Å². The zero-order chi connectivity index (χ0) is 10.1. The fourth-order valence-corrected chi connectivity index (χ4v) is 1.39. The summed E-state index contributed by atoms with van der Waals surface area (Å²) < 4.78 is 0. The molecule has 0 saturated carbocycles. The van der Waals surface area contributed by atoms with Crippen molar-refractivity contribution in [2.75, 3.05) is 0 Å². The van der Waals surface area contributed by atoms with E-state index in [0.717, 1.165) is 5.39 Å². The Labute approximate surface area is 84.3 Å². The second-order valence-electron chi connectivity index (χ2n) is 2.90. The van der Waals surface area contributed by atoms with Crippen LogP contribution in [0.1, 0.15) is 10.4 Å². The monoisotopic (exact) mass is 207 g/mol. The number of benzene rings is 1. The molecular weight excluding hydrogens is 202 g/mol. The molecule has 0 spiro atoms. The number of carbonyl (C=O) groups is 1. The van der Waals surface area contributed by atoms with Gasteiger partial charge in [-0.25, -0.2) is 0 Å². The highest BCUT2D eigenvalue weighted by Crippen LogP contribution is 2.13. The van der Waals surface area contributed by atoms with Crippen LogP contribution in [0.25, 0.3) is 10.9 Å². The molecule has 0 aliphatic heterocycles. The average Bonchev–Trinajstić information content (AvgIpc) is 2.16. The predicted octanol–water partition coefficient (Wildman–Crippen LogP) is 1.91. The van der Waals surface area contributed by atoms with Crippen molar-refractivity contribution in [2.45, 2.75) is 0 Å². The third kappa shape index (κ3) is 1.54. The lowest BCUT2D eigenvalue weighted by atomic mass is 10.1. The molecule has 0 bridgehead atoms. The van der Waals surface area contributed by atoms with Crippen LogP contribution in [0.15, 0.2) is 35.1 Å². The maximum Gasteiger partial charge on any atom is 0.252 e. The SMILES string of the molecule is O=C(Cl)c1ccc2[nH]c(=O)ccc2c1. The predicted molar refractivity (Wildman–Crippen MR) is 54.8 cm³/mol. The van der Waals surface area contributed by atoms with Gasteiger partial charge in [0.2, 0.25) is 5.56 Å². The van der Waals surface area contributed by atoms with E-state index < -0.39 is 5.24 Å². The van der Waals surface area contributed by atoms with E-state index in [0.29, 0.717) is 11.1 Å². The van der Waals surface area contributed by atoms with Gasteiger partial charge in [-0.3, -0.25) is 9.59 Å². The first-order valence-electron chi connectivity index (χ1n) is 4.00. The van der Waals surface area contributed by atoms with E-state index in [1.807, 2.05) is 0 Å². The second kappa shape index (κ2) is 3.27. The molecule has 2 rings (SSSR count). The molecule has 2 aromatic rings. The average molecular weight is 208 g/mol. The highest BCUT2D eigenvalue weighted by atomic mass is 35.5. The Bertz CT molecular complexity index is 559. The summed E-state index contributed by atoms with van der Waals surface area (Å²) in [6.07, 6.45) is 0. The lowest BCUT2D eigenvalue weighted by Gasteiger charge is -1.98. The number of pyridine rings is 1. The third-order valence-corrected chi connectivity index (χ3v) is 2.17. The van der Waals surface area contributed by atoms with E-state index in [2.05, 4.69) is 4.98 Å². The van der Waals surface area contributed by atoms with Crippen LogP contribution >= 0.6 is 11.6 Å². The summed E-state index contributed by atoms with van der Waals surface area (Å²) in [5, 5.41) is 0.286. The van der Waals surface area contributed by atoms with Crippen molar-refractivity contribution in [1.29, 1.82) is 0 Å². The number of hydrogen-bond donors (Lipinski definition) is 1. The highest BCUT2D eigenvalue weighted by Gasteiger charge is 2.02. The van der Waals surface area contributed by atoms with Crippen molar-refractivity contribution < 1.29 is 4.79 Å². The molecule has 3 nitrogen and oxygen atoms in total. The summed E-state index contributed by atoms with van der Waals surface area (Å²) in [5.41, 5.74) is 0.952. The van der Waals surface area contributed by atoms with Gasteiger partial charge in [-0.2, -0.15) is 0 Å². The highest BCUT2D eigenvalue weighted by molar-refractivity contribution is 6.67. The van der Waals surface area contributed by atoms with Gasteiger partial charge in [-0.15, -0.1) is 0 Å². The van der Waals surface area contributed by atoms with Crippen LogP contribution in [0, 0.1) is 0 Å². The van der Waals surface area contributed by atoms with Gasteiger partial charge in [0.25, 0.3) is 5.24 Å². The molecule has 0 unspecified atom stereocenters. The van der Waals surface area contributed by atoms with Gasteiger partial charge in [0.1, 0.15) is 0 Å². The third-order valence-electron chi connectivity index (χ3n) is 1.95. The molecule has 0 saturated heterocycles. The number of fused-ring (bicyclic) bond motifs is 1. The molecule has 0 amide bonds. The Morgan fingerprint density at radius 2 is 2.00 bits per heavy atom. The minimum Gasteiger partial charge on any atom is -0.322 e. The molecule has 0 aliphatic carbocycles. The molecule has 70 valence electrons. The molecular formula is C10H6ClNO2. The van der Waals surface area contributed by atoms with Gasteiger partial charge in [-0.05, 0) is 41.3 Å². The maximum atomic E-state index is 11.0. The first-order valence-corrected chi connectivity index (χ1v) is 4.37.